The first-order valence-electron chi connectivity index (χ1n) is 3.06. The Balaban J connectivity index is 4.24. The lowest BCUT2D eigenvalue weighted by molar-refractivity contribution is -0.298. The molecule has 2 heteroatoms. The van der Waals surface area contributed by atoms with Crippen LogP contribution in [0.1, 0.15) is 13.8 Å². The minimum absolute atomic E-state index is 0.00463. The molecule has 0 aromatic rings. The van der Waals surface area contributed by atoms with Gasteiger partial charge in [0.05, 0.1) is 5.97 Å². The van der Waals surface area contributed by atoms with E-state index in [0.717, 1.165) is 0 Å². The molecule has 0 spiro atoms. The third-order valence-electron chi connectivity index (χ3n) is 1.33. The van der Waals surface area contributed by atoms with Gasteiger partial charge in [0.15, 0.2) is 0 Å². The number of rotatable bonds is 3. The van der Waals surface area contributed by atoms with Gasteiger partial charge in [0.2, 0.25) is 0 Å². The van der Waals surface area contributed by atoms with Gasteiger partial charge in [-0.25, -0.2) is 0 Å². The molecule has 0 radical (unpaired) electrons. The molecule has 10 heavy (non-hydrogen) atoms. The number of aliphatic carboxylic acids is 1. The second kappa shape index (κ2) is 3.20. The highest BCUT2D eigenvalue weighted by Gasteiger charge is 2.04. The molecule has 0 aromatic carbocycles. The maximum absolute atomic E-state index is 10.2. The van der Waals surface area contributed by atoms with E-state index in [4.69, 9.17) is 0 Å². The van der Waals surface area contributed by atoms with Crippen molar-refractivity contribution in [2.75, 3.05) is 0 Å². The van der Waals surface area contributed by atoms with Crippen LogP contribution in [0.3, 0.4) is 0 Å². The lowest BCUT2D eigenvalue weighted by Gasteiger charge is -2.12. The van der Waals surface area contributed by atoms with Crippen molar-refractivity contribution in [1.29, 1.82) is 0 Å². The zero-order valence-corrected chi connectivity index (χ0v) is 6.31. The Morgan fingerprint density at radius 3 is 1.90 bits per heavy atom. The fourth-order valence-corrected chi connectivity index (χ4v) is 0.480. The van der Waals surface area contributed by atoms with Crippen LogP contribution in [-0.4, -0.2) is 5.97 Å². The number of hydrogen-bond donors (Lipinski definition) is 0. The fourth-order valence-electron chi connectivity index (χ4n) is 0.480. The van der Waals surface area contributed by atoms with Crippen molar-refractivity contribution < 1.29 is 9.90 Å². The van der Waals surface area contributed by atoms with Crippen molar-refractivity contribution in [3.8, 4) is 0 Å². The zero-order chi connectivity index (χ0) is 8.31. The molecule has 0 rings (SSSR count). The summed E-state index contributed by atoms with van der Waals surface area (Å²) >= 11 is 0. The first kappa shape index (κ1) is 8.95. The van der Waals surface area contributed by atoms with Gasteiger partial charge in [-0.3, -0.25) is 0 Å². The molecule has 0 aliphatic carbocycles. The van der Waals surface area contributed by atoms with Crippen LogP contribution in [0, 0.1) is 5.92 Å². The Hall–Kier alpha value is -1.05. The first-order chi connectivity index (χ1) is 4.46. The van der Waals surface area contributed by atoms with Crippen LogP contribution < -0.4 is 5.11 Å². The Bertz CT molecular complexity index is 178. The van der Waals surface area contributed by atoms with Crippen molar-refractivity contribution in [3.05, 3.63) is 24.3 Å². The van der Waals surface area contributed by atoms with Gasteiger partial charge in [-0.15, -0.1) is 0 Å². The lowest BCUT2D eigenvalue weighted by atomic mass is 9.98. The third kappa shape index (κ3) is 2.05. The molecule has 0 atom stereocenters. The van der Waals surface area contributed by atoms with Crippen molar-refractivity contribution in [1.82, 2.24) is 0 Å². The van der Waals surface area contributed by atoms with Crippen LogP contribution in [-0.2, 0) is 4.79 Å². The number of carboxylic acid groups (broad SMARTS) is 1. The SMILES string of the molecule is C=C(C(=C)C(C)C)C(=O)[O-]. The predicted molar refractivity (Wildman–Crippen MR) is 38.1 cm³/mol. The van der Waals surface area contributed by atoms with Crippen molar-refractivity contribution in [2.24, 2.45) is 5.92 Å². The number of carboxylic acids is 1. The van der Waals surface area contributed by atoms with Gasteiger partial charge < -0.3 is 9.90 Å². The molecule has 0 saturated carbocycles. The smallest absolute Gasteiger partial charge is 0.0712 e. The molecule has 0 heterocycles. The molecule has 56 valence electrons. The van der Waals surface area contributed by atoms with Crippen LogP contribution in [0.4, 0.5) is 0 Å². The number of hydrogen-bond acceptors (Lipinski definition) is 2. The quantitative estimate of drug-likeness (QED) is 0.422. The lowest BCUT2D eigenvalue weighted by Crippen LogP contribution is -2.25. The monoisotopic (exact) mass is 139 g/mol. The number of carbonyl (C=O) groups excluding carboxylic acids is 1. The zero-order valence-electron chi connectivity index (χ0n) is 6.31. The van der Waals surface area contributed by atoms with Crippen LogP contribution in [0.15, 0.2) is 24.3 Å². The molecule has 0 fully saturated rings. The van der Waals surface area contributed by atoms with E-state index < -0.39 is 5.97 Å². The molecular weight excluding hydrogens is 128 g/mol. The summed E-state index contributed by atoms with van der Waals surface area (Å²) in [6, 6.07) is 0. The van der Waals surface area contributed by atoms with Crippen LogP contribution in [0.25, 0.3) is 0 Å². The minimum atomic E-state index is -1.24. The average molecular weight is 139 g/mol. The normalized spacial score (nSPS) is 9.50. The molecule has 0 amide bonds. The second-order valence-electron chi connectivity index (χ2n) is 2.45. The van der Waals surface area contributed by atoms with Gasteiger partial charge in [0.1, 0.15) is 0 Å². The van der Waals surface area contributed by atoms with Crippen LogP contribution >= 0.6 is 0 Å². The van der Waals surface area contributed by atoms with E-state index in [-0.39, 0.29) is 11.5 Å². The van der Waals surface area contributed by atoms with E-state index in [0.29, 0.717) is 5.57 Å². The van der Waals surface area contributed by atoms with Crippen molar-refractivity contribution in [3.63, 3.8) is 0 Å². The summed E-state index contributed by atoms with van der Waals surface area (Å²) in [5, 5.41) is 10.2. The van der Waals surface area contributed by atoms with Gasteiger partial charge in [0.25, 0.3) is 0 Å². The summed E-state index contributed by atoms with van der Waals surface area (Å²) in [5.41, 5.74) is 0.523. The van der Waals surface area contributed by atoms with Gasteiger partial charge in [0, 0.05) is 0 Å². The molecule has 0 saturated heterocycles. The Kier molecular flexibility index (Phi) is 2.87. The van der Waals surface area contributed by atoms with Crippen LogP contribution in [0.5, 0.6) is 0 Å². The summed E-state index contributed by atoms with van der Waals surface area (Å²) in [5.74, 6) is -1.12. The van der Waals surface area contributed by atoms with E-state index in [1.807, 2.05) is 13.8 Å². The Labute approximate surface area is 60.9 Å². The Morgan fingerprint density at radius 1 is 1.40 bits per heavy atom. The molecule has 0 aliphatic heterocycles. The summed E-state index contributed by atoms with van der Waals surface area (Å²) in [6.45, 7) is 10.6. The maximum atomic E-state index is 10.2. The van der Waals surface area contributed by atoms with Gasteiger partial charge in [-0.1, -0.05) is 27.0 Å². The largest absolute Gasteiger partial charge is 0.545 e. The second-order valence-corrected chi connectivity index (χ2v) is 2.45. The highest BCUT2D eigenvalue weighted by Crippen LogP contribution is 2.14. The standard InChI is InChI=1S/C8H12O2/c1-5(2)6(3)7(4)8(9)10/h5H,3-4H2,1-2H3,(H,9,10)/p-1. The molecule has 0 bridgehead atoms. The summed E-state index contributed by atoms with van der Waals surface area (Å²) in [6.07, 6.45) is 0. The molecule has 2 nitrogen and oxygen atoms in total. The molecule has 0 unspecified atom stereocenters. The van der Waals surface area contributed by atoms with E-state index in [2.05, 4.69) is 13.2 Å². The van der Waals surface area contributed by atoms with Crippen LogP contribution in [0.2, 0.25) is 0 Å². The number of carbonyl (C=O) groups is 1. The Morgan fingerprint density at radius 2 is 1.80 bits per heavy atom. The van der Waals surface area contributed by atoms with E-state index >= 15 is 0 Å². The molecular formula is C8H11O2-. The molecule has 0 aromatic heterocycles. The molecule has 0 aliphatic rings. The van der Waals surface area contributed by atoms with E-state index in [1.54, 1.807) is 0 Å². The molecule has 0 N–H and O–H groups in total. The summed E-state index contributed by atoms with van der Waals surface area (Å²) in [4.78, 5) is 10.2. The first-order valence-corrected chi connectivity index (χ1v) is 3.06. The van der Waals surface area contributed by atoms with Crippen molar-refractivity contribution in [2.45, 2.75) is 13.8 Å². The van der Waals surface area contributed by atoms with E-state index in [9.17, 15) is 9.90 Å². The topological polar surface area (TPSA) is 40.1 Å². The fraction of sp³-hybridized carbons (Fsp3) is 0.375. The summed E-state index contributed by atoms with van der Waals surface area (Å²) < 4.78 is 0. The average Bonchev–Trinajstić information content (AvgIpc) is 1.84. The van der Waals surface area contributed by atoms with Gasteiger partial charge in [-0.2, -0.15) is 0 Å². The highest BCUT2D eigenvalue weighted by atomic mass is 16.4. The van der Waals surface area contributed by atoms with E-state index in [1.165, 1.54) is 0 Å². The third-order valence-corrected chi connectivity index (χ3v) is 1.33. The summed E-state index contributed by atoms with van der Waals surface area (Å²) in [7, 11) is 0. The minimum Gasteiger partial charge on any atom is -0.545 e. The van der Waals surface area contributed by atoms with Gasteiger partial charge >= 0.3 is 0 Å². The highest BCUT2D eigenvalue weighted by molar-refractivity contribution is 5.89. The maximum Gasteiger partial charge on any atom is 0.0712 e. The predicted octanol–water partition coefficient (Wildman–Crippen LogP) is 0.505. The van der Waals surface area contributed by atoms with Gasteiger partial charge in [-0.05, 0) is 17.1 Å². The van der Waals surface area contributed by atoms with Crippen molar-refractivity contribution >= 4 is 5.97 Å².